The Hall–Kier alpha value is -3.08. The molecule has 5 heteroatoms. The summed E-state index contributed by atoms with van der Waals surface area (Å²) in [5, 5.41) is 3.05. The Morgan fingerprint density at radius 3 is 2.74 bits per heavy atom. The molecule has 2 heterocycles. The van der Waals surface area contributed by atoms with Crippen LogP contribution < -0.4 is 5.32 Å². The Labute approximate surface area is 158 Å². The molecule has 3 atom stereocenters. The van der Waals surface area contributed by atoms with Crippen molar-refractivity contribution < 1.29 is 9.21 Å². The highest BCUT2D eigenvalue weighted by Gasteiger charge is 2.36. The number of hydrogen-bond donors (Lipinski definition) is 1. The number of nitrogens with one attached hydrogen (secondary N) is 1. The quantitative estimate of drug-likeness (QED) is 0.674. The van der Waals surface area contributed by atoms with Crippen LogP contribution in [-0.4, -0.2) is 15.5 Å². The van der Waals surface area contributed by atoms with Crippen molar-refractivity contribution in [2.24, 2.45) is 13.0 Å². The lowest BCUT2D eigenvalue weighted by molar-refractivity contribution is -0.117. The average molecular weight is 361 g/mol. The van der Waals surface area contributed by atoms with E-state index in [1.165, 1.54) is 12.5 Å². The number of nitrogens with zero attached hydrogens (tertiary/aromatic N) is 2. The number of aromatic nitrogens is 2. The van der Waals surface area contributed by atoms with Crippen LogP contribution in [-0.2, 0) is 11.8 Å². The fraction of sp³-hybridized carbons (Fsp3) is 0.273. The van der Waals surface area contributed by atoms with Gasteiger partial charge in [0.2, 0.25) is 5.91 Å². The van der Waals surface area contributed by atoms with Gasteiger partial charge in [0.15, 0.2) is 0 Å². The van der Waals surface area contributed by atoms with E-state index in [-0.39, 0.29) is 11.9 Å². The zero-order valence-corrected chi connectivity index (χ0v) is 15.5. The van der Waals surface area contributed by atoms with Gasteiger partial charge in [-0.2, -0.15) is 0 Å². The molecule has 1 saturated carbocycles. The van der Waals surface area contributed by atoms with Crippen molar-refractivity contribution in [1.29, 1.82) is 0 Å². The highest BCUT2D eigenvalue weighted by molar-refractivity contribution is 5.91. The van der Waals surface area contributed by atoms with E-state index in [9.17, 15) is 4.79 Å². The minimum Gasteiger partial charge on any atom is -0.461 e. The van der Waals surface area contributed by atoms with Crippen LogP contribution in [0.4, 0.5) is 0 Å². The van der Waals surface area contributed by atoms with E-state index < -0.39 is 0 Å². The maximum Gasteiger partial charge on any atom is 0.244 e. The molecule has 4 rings (SSSR count). The fourth-order valence-electron chi connectivity index (χ4n) is 3.32. The van der Waals surface area contributed by atoms with E-state index in [1.54, 1.807) is 12.3 Å². The predicted molar refractivity (Wildman–Crippen MR) is 104 cm³/mol. The van der Waals surface area contributed by atoms with Gasteiger partial charge < -0.3 is 14.3 Å². The summed E-state index contributed by atoms with van der Waals surface area (Å²) in [6.07, 6.45) is 8.01. The van der Waals surface area contributed by atoms with E-state index in [0.29, 0.717) is 17.6 Å². The van der Waals surface area contributed by atoms with Gasteiger partial charge >= 0.3 is 0 Å². The number of amides is 1. The summed E-state index contributed by atoms with van der Waals surface area (Å²) in [4.78, 5) is 16.9. The topological polar surface area (TPSA) is 60.1 Å². The highest BCUT2D eigenvalue weighted by atomic mass is 16.3. The van der Waals surface area contributed by atoms with Gasteiger partial charge in [0.25, 0.3) is 0 Å². The zero-order chi connectivity index (χ0) is 18.8. The Balaban J connectivity index is 1.48. The molecule has 5 nitrogen and oxygen atoms in total. The number of carbonyl (C=O) groups excluding carboxylic acids is 1. The Morgan fingerprint density at radius 2 is 2.07 bits per heavy atom. The van der Waals surface area contributed by atoms with Crippen molar-refractivity contribution >= 4 is 12.0 Å². The van der Waals surface area contributed by atoms with Gasteiger partial charge in [0.05, 0.1) is 0 Å². The Morgan fingerprint density at radius 1 is 1.30 bits per heavy atom. The number of imidazole rings is 1. The lowest BCUT2D eigenvalue weighted by atomic mass is 10.1. The Kier molecular flexibility index (Phi) is 4.67. The molecule has 1 fully saturated rings. The SMILES string of the molecule is C[C@@H]1C[C@@H]1c1ccc(/C=C/C(=O)N[C@H](c2ccccc2)c2nccn2C)o1. The molecule has 2 aromatic heterocycles. The molecule has 0 saturated heterocycles. The predicted octanol–water partition coefficient (Wildman–Crippen LogP) is 4.06. The van der Waals surface area contributed by atoms with Crippen LogP contribution in [0.5, 0.6) is 0 Å². The van der Waals surface area contributed by atoms with E-state index in [4.69, 9.17) is 4.42 Å². The summed E-state index contributed by atoms with van der Waals surface area (Å²) < 4.78 is 7.74. The summed E-state index contributed by atoms with van der Waals surface area (Å²) in [6, 6.07) is 13.4. The summed E-state index contributed by atoms with van der Waals surface area (Å²) >= 11 is 0. The van der Waals surface area contributed by atoms with Gasteiger partial charge in [-0.15, -0.1) is 0 Å². The fourth-order valence-corrected chi connectivity index (χ4v) is 3.32. The molecule has 138 valence electrons. The van der Waals surface area contributed by atoms with Crippen molar-refractivity contribution in [2.45, 2.75) is 25.3 Å². The molecule has 1 N–H and O–H groups in total. The maximum atomic E-state index is 12.5. The van der Waals surface area contributed by atoms with Gasteiger partial charge in [-0.3, -0.25) is 4.79 Å². The summed E-state index contributed by atoms with van der Waals surface area (Å²) in [6.45, 7) is 2.22. The van der Waals surface area contributed by atoms with Crippen molar-refractivity contribution in [1.82, 2.24) is 14.9 Å². The minimum atomic E-state index is -0.317. The van der Waals surface area contributed by atoms with Crippen LogP contribution in [0.15, 0.2) is 65.4 Å². The number of hydrogen-bond acceptors (Lipinski definition) is 3. The van der Waals surface area contributed by atoms with Crippen LogP contribution >= 0.6 is 0 Å². The minimum absolute atomic E-state index is 0.190. The van der Waals surface area contributed by atoms with Crippen LogP contribution in [0.25, 0.3) is 6.08 Å². The van der Waals surface area contributed by atoms with Crippen molar-refractivity contribution in [3.05, 3.63) is 83.8 Å². The second kappa shape index (κ2) is 7.27. The van der Waals surface area contributed by atoms with E-state index >= 15 is 0 Å². The lowest BCUT2D eigenvalue weighted by Crippen LogP contribution is -2.29. The summed E-state index contributed by atoms with van der Waals surface area (Å²) in [7, 11) is 1.92. The molecule has 1 aromatic carbocycles. The Bertz CT molecular complexity index is 955. The molecule has 1 aliphatic rings. The third-order valence-corrected chi connectivity index (χ3v) is 5.06. The largest absolute Gasteiger partial charge is 0.461 e. The van der Waals surface area contributed by atoms with Gasteiger partial charge in [-0.05, 0) is 36.1 Å². The summed E-state index contributed by atoms with van der Waals surface area (Å²) in [5.74, 6) is 3.54. The molecule has 27 heavy (non-hydrogen) atoms. The van der Waals surface area contributed by atoms with Crippen molar-refractivity contribution in [3.63, 3.8) is 0 Å². The lowest BCUT2D eigenvalue weighted by Gasteiger charge is -2.18. The van der Waals surface area contributed by atoms with Crippen molar-refractivity contribution in [2.75, 3.05) is 0 Å². The zero-order valence-electron chi connectivity index (χ0n) is 15.5. The van der Waals surface area contributed by atoms with E-state index in [0.717, 1.165) is 17.1 Å². The molecular formula is C22H23N3O2. The number of benzene rings is 1. The normalized spacial score (nSPS) is 19.9. The second-order valence-corrected chi connectivity index (χ2v) is 7.14. The molecule has 0 aliphatic heterocycles. The van der Waals surface area contributed by atoms with Gasteiger partial charge in [-0.25, -0.2) is 4.98 Å². The second-order valence-electron chi connectivity index (χ2n) is 7.14. The molecule has 1 aliphatic carbocycles. The monoisotopic (exact) mass is 361 g/mol. The molecule has 3 aromatic rings. The average Bonchev–Trinajstić information content (AvgIpc) is 3.06. The maximum absolute atomic E-state index is 12.5. The standard InChI is InChI=1S/C22H23N3O2/c1-15-14-18(15)19-10-8-17(27-19)9-11-20(26)24-21(16-6-4-3-5-7-16)22-23-12-13-25(22)2/h3-13,15,18,21H,14H2,1-2H3,(H,24,26)/b11-9+/t15-,18+,21-/m1/s1. The molecule has 0 radical (unpaired) electrons. The summed E-state index contributed by atoms with van der Waals surface area (Å²) in [5.41, 5.74) is 0.983. The van der Waals surface area contributed by atoms with Crippen LogP contribution in [0.1, 0.15) is 48.2 Å². The molecule has 0 unspecified atom stereocenters. The van der Waals surface area contributed by atoms with E-state index in [1.807, 2.05) is 60.3 Å². The first kappa shape index (κ1) is 17.3. The van der Waals surface area contributed by atoms with Crippen LogP contribution in [0.2, 0.25) is 0 Å². The third-order valence-electron chi connectivity index (χ3n) is 5.06. The first-order chi connectivity index (χ1) is 13.1. The van der Waals surface area contributed by atoms with Gasteiger partial charge in [0, 0.05) is 31.4 Å². The molecule has 0 bridgehead atoms. The molecule has 1 amide bonds. The van der Waals surface area contributed by atoms with Crippen molar-refractivity contribution in [3.8, 4) is 0 Å². The number of rotatable bonds is 6. The van der Waals surface area contributed by atoms with E-state index in [2.05, 4.69) is 17.2 Å². The highest BCUT2D eigenvalue weighted by Crippen LogP contribution is 2.47. The first-order valence-corrected chi connectivity index (χ1v) is 9.22. The van der Waals surface area contributed by atoms with Crippen LogP contribution in [0.3, 0.4) is 0 Å². The smallest absolute Gasteiger partial charge is 0.244 e. The number of carbonyl (C=O) groups is 1. The molecular weight excluding hydrogens is 338 g/mol. The number of furan rings is 1. The van der Waals surface area contributed by atoms with Gasteiger partial charge in [-0.1, -0.05) is 37.3 Å². The first-order valence-electron chi connectivity index (χ1n) is 9.22. The van der Waals surface area contributed by atoms with Crippen LogP contribution in [0, 0.1) is 5.92 Å². The third kappa shape index (κ3) is 3.87. The van der Waals surface area contributed by atoms with Gasteiger partial charge in [0.1, 0.15) is 23.4 Å². The molecule has 0 spiro atoms. The number of aryl methyl sites for hydroxylation is 1.